The molecule has 4 rings (SSSR count). The van der Waals surface area contributed by atoms with Crippen LogP contribution in [0.2, 0.25) is 0 Å². The summed E-state index contributed by atoms with van der Waals surface area (Å²) in [4.78, 5) is 12.8. The van der Waals surface area contributed by atoms with Crippen LogP contribution in [0.3, 0.4) is 0 Å². The number of aliphatic hydroxyl groups excluding tert-OH is 3. The standard InChI is InChI=1S/C15H22N6O4/c16-15-19-12(18-7-3-1-2-4-7)9-13(20-15)21(6-17-9)14-11(24)10(23)8(5-22)25-14/h6-8,10-11,14,22-24H,1-5H2,(H3,16,18,19,20)/t8-,10-,11-,14-/m1/s1. The zero-order chi connectivity index (χ0) is 17.6. The van der Waals surface area contributed by atoms with Crippen LogP contribution in [-0.2, 0) is 4.74 Å². The number of hydrogen-bond acceptors (Lipinski definition) is 9. The number of fused-ring (bicyclic) bond motifs is 1. The topological polar surface area (TPSA) is 152 Å². The third kappa shape index (κ3) is 2.80. The molecule has 0 amide bonds. The summed E-state index contributed by atoms with van der Waals surface area (Å²) < 4.78 is 7.06. The lowest BCUT2D eigenvalue weighted by Crippen LogP contribution is -2.33. The van der Waals surface area contributed by atoms with Crippen molar-refractivity contribution in [1.82, 2.24) is 19.5 Å². The summed E-state index contributed by atoms with van der Waals surface area (Å²) in [7, 11) is 0. The minimum absolute atomic E-state index is 0.0847. The fourth-order valence-corrected chi connectivity index (χ4v) is 3.59. The molecule has 2 aliphatic rings. The first-order chi connectivity index (χ1) is 12.1. The van der Waals surface area contributed by atoms with Crippen molar-refractivity contribution >= 4 is 22.9 Å². The lowest BCUT2D eigenvalue weighted by Gasteiger charge is -2.17. The van der Waals surface area contributed by atoms with Crippen molar-refractivity contribution < 1.29 is 20.1 Å². The van der Waals surface area contributed by atoms with E-state index in [1.807, 2.05) is 0 Å². The molecule has 25 heavy (non-hydrogen) atoms. The molecule has 2 aromatic rings. The average molecular weight is 350 g/mol. The van der Waals surface area contributed by atoms with Gasteiger partial charge in [0.05, 0.1) is 12.9 Å². The first-order valence-corrected chi connectivity index (χ1v) is 8.47. The van der Waals surface area contributed by atoms with E-state index in [9.17, 15) is 15.3 Å². The van der Waals surface area contributed by atoms with Crippen LogP contribution >= 0.6 is 0 Å². The van der Waals surface area contributed by atoms with Crippen LogP contribution < -0.4 is 11.1 Å². The zero-order valence-electron chi connectivity index (χ0n) is 13.6. The van der Waals surface area contributed by atoms with Gasteiger partial charge in [-0.2, -0.15) is 9.97 Å². The van der Waals surface area contributed by atoms with Gasteiger partial charge in [-0.05, 0) is 12.8 Å². The molecule has 0 bridgehead atoms. The Balaban J connectivity index is 1.70. The molecule has 4 atom stereocenters. The van der Waals surface area contributed by atoms with Crippen molar-refractivity contribution in [2.75, 3.05) is 17.7 Å². The lowest BCUT2D eigenvalue weighted by molar-refractivity contribution is -0.0511. The third-order valence-corrected chi connectivity index (χ3v) is 4.93. The van der Waals surface area contributed by atoms with E-state index in [-0.39, 0.29) is 5.95 Å². The number of aliphatic hydroxyl groups is 3. The molecule has 6 N–H and O–H groups in total. The normalized spacial score (nSPS) is 30.4. The number of imidazole rings is 1. The second-order valence-electron chi connectivity index (χ2n) is 6.61. The molecule has 0 radical (unpaired) electrons. The van der Waals surface area contributed by atoms with Gasteiger partial charge in [-0.15, -0.1) is 0 Å². The maximum Gasteiger partial charge on any atom is 0.224 e. The lowest BCUT2D eigenvalue weighted by atomic mass is 10.1. The van der Waals surface area contributed by atoms with Crippen molar-refractivity contribution in [3.63, 3.8) is 0 Å². The fourth-order valence-electron chi connectivity index (χ4n) is 3.59. The van der Waals surface area contributed by atoms with Gasteiger partial charge in [0.1, 0.15) is 18.3 Å². The number of hydrogen-bond donors (Lipinski definition) is 5. The number of nitrogen functional groups attached to an aromatic ring is 1. The van der Waals surface area contributed by atoms with E-state index in [0.29, 0.717) is 23.0 Å². The van der Waals surface area contributed by atoms with Crippen LogP contribution in [0.25, 0.3) is 11.2 Å². The molecular weight excluding hydrogens is 328 g/mol. The van der Waals surface area contributed by atoms with Crippen molar-refractivity contribution in [2.24, 2.45) is 0 Å². The molecule has 1 aliphatic carbocycles. The summed E-state index contributed by atoms with van der Waals surface area (Å²) in [5.74, 6) is 0.640. The van der Waals surface area contributed by atoms with E-state index in [1.165, 1.54) is 23.7 Å². The van der Waals surface area contributed by atoms with E-state index in [1.54, 1.807) is 0 Å². The van der Waals surface area contributed by atoms with Gasteiger partial charge < -0.3 is 31.1 Å². The van der Waals surface area contributed by atoms with Crippen LogP contribution in [-0.4, -0.2) is 65.8 Å². The quantitative estimate of drug-likeness (QED) is 0.485. The Morgan fingerprint density at radius 1 is 1.24 bits per heavy atom. The monoisotopic (exact) mass is 350 g/mol. The minimum atomic E-state index is -1.21. The van der Waals surface area contributed by atoms with E-state index >= 15 is 0 Å². The Kier molecular flexibility index (Phi) is 4.20. The average Bonchev–Trinajstić information content (AvgIpc) is 3.29. The Morgan fingerprint density at radius 3 is 2.68 bits per heavy atom. The Labute approximate surface area is 143 Å². The first-order valence-electron chi connectivity index (χ1n) is 8.47. The van der Waals surface area contributed by atoms with Gasteiger partial charge in [0, 0.05) is 6.04 Å². The number of nitrogens with zero attached hydrogens (tertiary/aromatic N) is 4. The second kappa shape index (κ2) is 6.37. The Morgan fingerprint density at radius 2 is 2.00 bits per heavy atom. The van der Waals surface area contributed by atoms with E-state index < -0.39 is 31.1 Å². The highest BCUT2D eigenvalue weighted by Gasteiger charge is 2.44. The highest BCUT2D eigenvalue weighted by atomic mass is 16.6. The number of anilines is 2. The maximum atomic E-state index is 10.2. The SMILES string of the molecule is Nc1nc(NC2CCCC2)c2ncn([C@@H]3O[C@H](CO)[C@@H](O)[C@H]3O)c2n1. The summed E-state index contributed by atoms with van der Waals surface area (Å²) in [6.07, 6.45) is 1.79. The van der Waals surface area contributed by atoms with E-state index in [0.717, 1.165) is 12.8 Å². The number of aromatic nitrogens is 4. The smallest absolute Gasteiger partial charge is 0.224 e. The van der Waals surface area contributed by atoms with Crippen LogP contribution in [0.4, 0.5) is 11.8 Å². The van der Waals surface area contributed by atoms with Crippen molar-refractivity contribution in [1.29, 1.82) is 0 Å². The molecule has 2 aromatic heterocycles. The second-order valence-corrected chi connectivity index (χ2v) is 6.61. The van der Waals surface area contributed by atoms with Crippen LogP contribution in [0.1, 0.15) is 31.9 Å². The Hall–Kier alpha value is -2.01. The first kappa shape index (κ1) is 16.5. The highest BCUT2D eigenvalue weighted by Crippen LogP contribution is 2.33. The largest absolute Gasteiger partial charge is 0.394 e. The van der Waals surface area contributed by atoms with Crippen molar-refractivity contribution in [2.45, 2.75) is 56.3 Å². The summed E-state index contributed by atoms with van der Waals surface area (Å²) in [6.45, 7) is -0.396. The number of rotatable bonds is 4. The van der Waals surface area contributed by atoms with Gasteiger partial charge in [-0.1, -0.05) is 12.8 Å². The number of nitrogens with two attached hydrogens (primary N) is 1. The van der Waals surface area contributed by atoms with Crippen molar-refractivity contribution in [3.05, 3.63) is 6.33 Å². The zero-order valence-corrected chi connectivity index (χ0v) is 13.6. The molecule has 1 saturated heterocycles. The molecule has 0 aromatic carbocycles. The predicted octanol–water partition coefficient (Wildman–Crippen LogP) is -0.625. The van der Waals surface area contributed by atoms with E-state index in [4.69, 9.17) is 10.5 Å². The predicted molar refractivity (Wildman–Crippen MR) is 88.6 cm³/mol. The van der Waals surface area contributed by atoms with Gasteiger partial charge in [0.25, 0.3) is 0 Å². The van der Waals surface area contributed by atoms with Gasteiger partial charge in [-0.25, -0.2) is 4.98 Å². The van der Waals surface area contributed by atoms with Gasteiger partial charge in [0.15, 0.2) is 23.2 Å². The third-order valence-electron chi connectivity index (χ3n) is 4.93. The van der Waals surface area contributed by atoms with Gasteiger partial charge in [-0.3, -0.25) is 4.57 Å². The summed E-state index contributed by atoms with van der Waals surface area (Å²) in [5, 5.41) is 32.8. The van der Waals surface area contributed by atoms with Gasteiger partial charge >= 0.3 is 0 Å². The summed E-state index contributed by atoms with van der Waals surface area (Å²) in [5.41, 5.74) is 6.78. The molecular formula is C15H22N6O4. The highest BCUT2D eigenvalue weighted by molar-refractivity contribution is 5.84. The molecule has 1 saturated carbocycles. The van der Waals surface area contributed by atoms with E-state index in [2.05, 4.69) is 20.3 Å². The Bertz CT molecular complexity index is 762. The molecule has 136 valence electrons. The minimum Gasteiger partial charge on any atom is -0.394 e. The fraction of sp³-hybridized carbons (Fsp3) is 0.667. The molecule has 10 nitrogen and oxygen atoms in total. The maximum absolute atomic E-state index is 10.2. The molecule has 10 heteroatoms. The number of ether oxygens (including phenoxy) is 1. The van der Waals surface area contributed by atoms with Crippen molar-refractivity contribution in [3.8, 4) is 0 Å². The summed E-state index contributed by atoms with van der Waals surface area (Å²) >= 11 is 0. The molecule has 1 aliphatic heterocycles. The molecule has 0 spiro atoms. The molecule has 2 fully saturated rings. The van der Waals surface area contributed by atoms with Crippen LogP contribution in [0.15, 0.2) is 6.33 Å². The van der Waals surface area contributed by atoms with Gasteiger partial charge in [0.2, 0.25) is 5.95 Å². The van der Waals surface area contributed by atoms with Crippen LogP contribution in [0, 0.1) is 0 Å². The molecule has 0 unspecified atom stereocenters. The van der Waals surface area contributed by atoms with Crippen LogP contribution in [0.5, 0.6) is 0 Å². The molecule has 3 heterocycles. The number of nitrogens with one attached hydrogen (secondary N) is 1. The summed E-state index contributed by atoms with van der Waals surface area (Å²) in [6, 6.07) is 0.330.